The first-order chi connectivity index (χ1) is 10.0. The highest BCUT2D eigenvalue weighted by Gasteiger charge is 2.26. The lowest BCUT2D eigenvalue weighted by atomic mass is 10.0. The standard InChI is InChI=1S/C15H25N3O2S/c1-4-12-11-18(13(5-2)10-17-12)14-6-8-15(9-7-14)21(19,20)16-3/h6-9,12-13,16-17H,4-5,10-11H2,1-3H3. The third-order valence-corrected chi connectivity index (χ3v) is 5.64. The Balaban J connectivity index is 2.23. The van der Waals surface area contributed by atoms with Crippen LogP contribution in [0.25, 0.3) is 0 Å². The third-order valence-electron chi connectivity index (χ3n) is 4.21. The first kappa shape index (κ1) is 16.3. The van der Waals surface area contributed by atoms with Gasteiger partial charge in [0.05, 0.1) is 4.90 Å². The minimum Gasteiger partial charge on any atom is -0.366 e. The fourth-order valence-electron chi connectivity index (χ4n) is 2.75. The summed E-state index contributed by atoms with van der Waals surface area (Å²) in [6.07, 6.45) is 2.17. The second kappa shape index (κ2) is 6.77. The van der Waals surface area contributed by atoms with Crippen molar-refractivity contribution < 1.29 is 8.42 Å². The van der Waals surface area contributed by atoms with Crippen molar-refractivity contribution in [2.24, 2.45) is 0 Å². The molecule has 6 heteroatoms. The SMILES string of the molecule is CCC1CN(c2ccc(S(=O)(=O)NC)cc2)C(CC)CN1. The quantitative estimate of drug-likeness (QED) is 0.866. The minimum absolute atomic E-state index is 0.309. The maximum Gasteiger partial charge on any atom is 0.240 e. The van der Waals surface area contributed by atoms with E-state index in [1.54, 1.807) is 12.1 Å². The van der Waals surface area contributed by atoms with Crippen LogP contribution in [0.2, 0.25) is 0 Å². The molecule has 1 aliphatic rings. The van der Waals surface area contributed by atoms with Gasteiger partial charge in [-0.05, 0) is 44.2 Å². The van der Waals surface area contributed by atoms with E-state index in [4.69, 9.17) is 0 Å². The number of benzene rings is 1. The number of hydrogen-bond acceptors (Lipinski definition) is 4. The highest BCUT2D eigenvalue weighted by Crippen LogP contribution is 2.23. The zero-order chi connectivity index (χ0) is 15.5. The molecule has 0 saturated carbocycles. The van der Waals surface area contributed by atoms with Crippen LogP contribution in [-0.4, -0.2) is 40.6 Å². The summed E-state index contributed by atoms with van der Waals surface area (Å²) in [4.78, 5) is 2.70. The fraction of sp³-hybridized carbons (Fsp3) is 0.600. The lowest BCUT2D eigenvalue weighted by molar-refractivity contribution is 0.379. The van der Waals surface area contributed by atoms with E-state index in [0.29, 0.717) is 17.0 Å². The summed E-state index contributed by atoms with van der Waals surface area (Å²) in [6, 6.07) is 8.12. The lowest BCUT2D eigenvalue weighted by Gasteiger charge is -2.41. The minimum atomic E-state index is -3.36. The zero-order valence-corrected chi connectivity index (χ0v) is 13.8. The van der Waals surface area contributed by atoms with Crippen LogP contribution in [0.1, 0.15) is 26.7 Å². The van der Waals surface area contributed by atoms with Gasteiger partial charge < -0.3 is 10.2 Å². The van der Waals surface area contributed by atoms with E-state index < -0.39 is 10.0 Å². The molecule has 1 aliphatic heterocycles. The summed E-state index contributed by atoms with van der Waals surface area (Å²) in [7, 11) is -1.93. The Morgan fingerprint density at radius 2 is 1.90 bits per heavy atom. The number of nitrogens with zero attached hydrogens (tertiary/aromatic N) is 1. The first-order valence-corrected chi connectivity index (χ1v) is 9.03. The molecule has 0 amide bonds. The van der Waals surface area contributed by atoms with Gasteiger partial charge in [-0.1, -0.05) is 13.8 Å². The van der Waals surface area contributed by atoms with E-state index >= 15 is 0 Å². The Morgan fingerprint density at radius 3 is 2.43 bits per heavy atom. The van der Waals surface area contributed by atoms with Crippen LogP contribution in [0.15, 0.2) is 29.2 Å². The number of nitrogens with one attached hydrogen (secondary N) is 2. The zero-order valence-electron chi connectivity index (χ0n) is 13.0. The lowest BCUT2D eigenvalue weighted by Crippen LogP contribution is -2.56. The molecule has 0 aliphatic carbocycles. The number of piperazine rings is 1. The van der Waals surface area contributed by atoms with E-state index in [0.717, 1.165) is 31.6 Å². The van der Waals surface area contributed by atoms with Crippen molar-refractivity contribution in [3.8, 4) is 0 Å². The van der Waals surface area contributed by atoms with Crippen LogP contribution in [-0.2, 0) is 10.0 Å². The predicted octanol–water partition coefficient (Wildman–Crippen LogP) is 1.56. The van der Waals surface area contributed by atoms with Crippen molar-refractivity contribution in [1.29, 1.82) is 0 Å². The average Bonchev–Trinajstić information content (AvgIpc) is 2.54. The molecule has 1 aromatic rings. The van der Waals surface area contributed by atoms with Gasteiger partial charge in [0.2, 0.25) is 10.0 Å². The number of sulfonamides is 1. The molecule has 2 N–H and O–H groups in total. The maximum atomic E-state index is 11.8. The van der Waals surface area contributed by atoms with Crippen LogP contribution in [0.5, 0.6) is 0 Å². The number of rotatable bonds is 5. The van der Waals surface area contributed by atoms with Crippen LogP contribution in [0.4, 0.5) is 5.69 Å². The van der Waals surface area contributed by atoms with Gasteiger partial charge >= 0.3 is 0 Å². The van der Waals surface area contributed by atoms with Crippen LogP contribution < -0.4 is 14.9 Å². The van der Waals surface area contributed by atoms with Crippen LogP contribution >= 0.6 is 0 Å². The van der Waals surface area contributed by atoms with Crippen molar-refractivity contribution in [2.45, 2.75) is 43.7 Å². The molecule has 0 aromatic heterocycles. The topological polar surface area (TPSA) is 61.4 Å². The van der Waals surface area contributed by atoms with E-state index in [-0.39, 0.29) is 0 Å². The summed E-state index contributed by atoms with van der Waals surface area (Å²) in [5.41, 5.74) is 1.09. The van der Waals surface area contributed by atoms with E-state index in [1.165, 1.54) is 7.05 Å². The van der Waals surface area contributed by atoms with Crippen molar-refractivity contribution in [3.05, 3.63) is 24.3 Å². The molecule has 2 rings (SSSR count). The molecular weight excluding hydrogens is 286 g/mol. The number of anilines is 1. The molecule has 0 spiro atoms. The Hall–Kier alpha value is -1.11. The molecule has 21 heavy (non-hydrogen) atoms. The van der Waals surface area contributed by atoms with E-state index in [1.807, 2.05) is 12.1 Å². The second-order valence-corrected chi connectivity index (χ2v) is 7.32. The normalized spacial score (nSPS) is 23.3. The fourth-order valence-corrected chi connectivity index (χ4v) is 3.48. The average molecular weight is 311 g/mol. The second-order valence-electron chi connectivity index (χ2n) is 5.43. The molecular formula is C15H25N3O2S. The maximum absolute atomic E-state index is 11.8. The first-order valence-electron chi connectivity index (χ1n) is 7.55. The summed E-state index contributed by atoms with van der Waals surface area (Å²) in [5.74, 6) is 0. The molecule has 0 radical (unpaired) electrons. The predicted molar refractivity (Wildman–Crippen MR) is 86.2 cm³/mol. The van der Waals surface area contributed by atoms with Crippen LogP contribution in [0, 0.1) is 0 Å². The van der Waals surface area contributed by atoms with Crippen molar-refractivity contribution in [1.82, 2.24) is 10.0 Å². The highest BCUT2D eigenvalue weighted by atomic mass is 32.2. The molecule has 2 unspecified atom stereocenters. The highest BCUT2D eigenvalue weighted by molar-refractivity contribution is 7.89. The van der Waals surface area contributed by atoms with E-state index in [9.17, 15) is 8.42 Å². The Kier molecular flexibility index (Phi) is 5.24. The molecule has 1 aromatic carbocycles. The molecule has 1 saturated heterocycles. The molecule has 5 nitrogen and oxygen atoms in total. The van der Waals surface area contributed by atoms with Crippen molar-refractivity contribution in [2.75, 3.05) is 25.0 Å². The summed E-state index contributed by atoms with van der Waals surface area (Å²) >= 11 is 0. The molecule has 1 heterocycles. The smallest absolute Gasteiger partial charge is 0.240 e. The Morgan fingerprint density at radius 1 is 1.24 bits per heavy atom. The molecule has 1 fully saturated rings. The van der Waals surface area contributed by atoms with Gasteiger partial charge in [-0.15, -0.1) is 0 Å². The Bertz CT molecular complexity index is 557. The number of hydrogen-bond donors (Lipinski definition) is 2. The van der Waals surface area contributed by atoms with Gasteiger partial charge in [0, 0.05) is 30.9 Å². The monoisotopic (exact) mass is 311 g/mol. The Labute approximate surface area is 127 Å². The van der Waals surface area contributed by atoms with Gasteiger partial charge in [0.1, 0.15) is 0 Å². The molecule has 118 valence electrons. The molecule has 2 atom stereocenters. The summed E-state index contributed by atoms with van der Waals surface area (Å²) in [6.45, 7) is 6.31. The van der Waals surface area contributed by atoms with Crippen molar-refractivity contribution in [3.63, 3.8) is 0 Å². The van der Waals surface area contributed by atoms with Crippen molar-refractivity contribution >= 4 is 15.7 Å². The van der Waals surface area contributed by atoms with Gasteiger partial charge in [0.25, 0.3) is 0 Å². The molecule has 0 bridgehead atoms. The van der Waals surface area contributed by atoms with Gasteiger partial charge in [-0.25, -0.2) is 13.1 Å². The van der Waals surface area contributed by atoms with E-state index in [2.05, 4.69) is 28.8 Å². The van der Waals surface area contributed by atoms with Gasteiger partial charge in [0.15, 0.2) is 0 Å². The summed E-state index contributed by atoms with van der Waals surface area (Å²) in [5, 5.41) is 3.57. The van der Waals surface area contributed by atoms with Gasteiger partial charge in [-0.3, -0.25) is 0 Å². The van der Waals surface area contributed by atoms with Gasteiger partial charge in [-0.2, -0.15) is 0 Å². The third kappa shape index (κ3) is 3.56. The van der Waals surface area contributed by atoms with Crippen LogP contribution in [0.3, 0.4) is 0 Å². The summed E-state index contributed by atoms with van der Waals surface area (Å²) < 4.78 is 25.9. The largest absolute Gasteiger partial charge is 0.366 e.